The molecule has 112 valence electrons. The fourth-order valence-corrected chi connectivity index (χ4v) is 3.36. The van der Waals surface area contributed by atoms with E-state index in [1.54, 1.807) is 6.07 Å². The lowest BCUT2D eigenvalue weighted by Gasteiger charge is -2.25. The monoisotopic (exact) mass is 326 g/mol. The molecule has 0 aliphatic heterocycles. The summed E-state index contributed by atoms with van der Waals surface area (Å²) in [5.41, 5.74) is 0.939. The Bertz CT molecular complexity index is 625. The molecule has 0 aromatic carbocycles. The second kappa shape index (κ2) is 6.23. The minimum atomic E-state index is -0.661. The van der Waals surface area contributed by atoms with Crippen LogP contribution >= 0.6 is 22.9 Å². The van der Waals surface area contributed by atoms with Crippen LogP contribution in [0.2, 0.25) is 5.15 Å². The molecule has 0 bridgehead atoms. The van der Waals surface area contributed by atoms with E-state index in [1.807, 2.05) is 12.3 Å². The van der Waals surface area contributed by atoms with E-state index in [9.17, 15) is 4.39 Å². The SMILES string of the molecule is Cc1csc(-c2nc(Cl)cc(NC3CCC(F)CC3)n2)n1. The number of rotatable bonds is 3. The standard InChI is InChI=1S/C14H16ClFN4S/c1-8-7-21-14(17-8)13-19-11(15)6-12(20-13)18-10-4-2-9(16)3-5-10/h6-7,9-10H,2-5H2,1H3,(H,18,19,20). The summed E-state index contributed by atoms with van der Waals surface area (Å²) in [5.74, 6) is 1.21. The average Bonchev–Trinajstić information content (AvgIpc) is 2.88. The summed E-state index contributed by atoms with van der Waals surface area (Å²) >= 11 is 7.57. The lowest BCUT2D eigenvalue weighted by atomic mass is 9.94. The van der Waals surface area contributed by atoms with Gasteiger partial charge in [-0.25, -0.2) is 19.3 Å². The van der Waals surface area contributed by atoms with Crippen LogP contribution in [-0.4, -0.2) is 27.2 Å². The van der Waals surface area contributed by atoms with Gasteiger partial charge in [0, 0.05) is 23.2 Å². The molecule has 0 unspecified atom stereocenters. The minimum absolute atomic E-state index is 0.244. The van der Waals surface area contributed by atoms with Crippen molar-refractivity contribution in [3.63, 3.8) is 0 Å². The number of thiazole rings is 1. The van der Waals surface area contributed by atoms with Crippen LogP contribution in [-0.2, 0) is 0 Å². The van der Waals surface area contributed by atoms with E-state index in [2.05, 4.69) is 20.3 Å². The Morgan fingerprint density at radius 1 is 1.24 bits per heavy atom. The summed E-state index contributed by atoms with van der Waals surface area (Å²) in [6.07, 6.45) is 2.18. The summed E-state index contributed by atoms with van der Waals surface area (Å²) in [6, 6.07) is 1.95. The highest BCUT2D eigenvalue weighted by Gasteiger charge is 2.21. The highest BCUT2D eigenvalue weighted by Crippen LogP contribution is 2.26. The van der Waals surface area contributed by atoms with E-state index in [-0.39, 0.29) is 6.04 Å². The fraction of sp³-hybridized carbons (Fsp3) is 0.500. The molecule has 2 aromatic rings. The van der Waals surface area contributed by atoms with Gasteiger partial charge in [0.2, 0.25) is 0 Å². The van der Waals surface area contributed by atoms with Gasteiger partial charge in [-0.3, -0.25) is 0 Å². The number of nitrogens with zero attached hydrogens (tertiary/aromatic N) is 3. The number of alkyl halides is 1. The van der Waals surface area contributed by atoms with Gasteiger partial charge >= 0.3 is 0 Å². The van der Waals surface area contributed by atoms with Gasteiger partial charge in [-0.15, -0.1) is 11.3 Å². The maximum atomic E-state index is 13.2. The molecular weight excluding hydrogens is 311 g/mol. The van der Waals surface area contributed by atoms with Crippen molar-refractivity contribution in [1.82, 2.24) is 15.0 Å². The van der Waals surface area contributed by atoms with Crippen molar-refractivity contribution in [2.45, 2.75) is 44.8 Å². The van der Waals surface area contributed by atoms with E-state index < -0.39 is 6.17 Å². The average molecular weight is 327 g/mol. The Hall–Kier alpha value is -1.27. The van der Waals surface area contributed by atoms with Crippen LogP contribution in [0.15, 0.2) is 11.4 Å². The number of aryl methyl sites for hydroxylation is 1. The van der Waals surface area contributed by atoms with E-state index in [0.29, 0.717) is 29.6 Å². The zero-order valence-corrected chi connectivity index (χ0v) is 13.2. The predicted octanol–water partition coefficient (Wildman–Crippen LogP) is 4.25. The Morgan fingerprint density at radius 3 is 2.67 bits per heavy atom. The van der Waals surface area contributed by atoms with Crippen molar-refractivity contribution in [2.75, 3.05) is 5.32 Å². The summed E-state index contributed by atoms with van der Waals surface area (Å²) < 4.78 is 13.2. The molecule has 1 fully saturated rings. The van der Waals surface area contributed by atoms with Crippen LogP contribution in [0.4, 0.5) is 10.2 Å². The van der Waals surface area contributed by atoms with Gasteiger partial charge in [0.15, 0.2) is 10.8 Å². The van der Waals surface area contributed by atoms with Crippen molar-refractivity contribution in [1.29, 1.82) is 0 Å². The number of nitrogens with one attached hydrogen (secondary N) is 1. The first-order chi connectivity index (χ1) is 10.1. The van der Waals surface area contributed by atoms with E-state index >= 15 is 0 Å². The van der Waals surface area contributed by atoms with Crippen LogP contribution < -0.4 is 5.32 Å². The van der Waals surface area contributed by atoms with E-state index in [0.717, 1.165) is 23.5 Å². The molecule has 0 spiro atoms. The first kappa shape index (κ1) is 14.7. The third-order valence-corrected chi connectivity index (χ3v) is 4.66. The molecular formula is C14H16ClFN4S. The van der Waals surface area contributed by atoms with Gasteiger partial charge in [0.1, 0.15) is 17.1 Å². The predicted molar refractivity (Wildman–Crippen MR) is 83.7 cm³/mol. The zero-order chi connectivity index (χ0) is 14.8. The van der Waals surface area contributed by atoms with E-state index in [1.165, 1.54) is 11.3 Å². The first-order valence-corrected chi connectivity index (χ1v) is 8.23. The Labute approximate surface area is 131 Å². The highest BCUT2D eigenvalue weighted by molar-refractivity contribution is 7.13. The highest BCUT2D eigenvalue weighted by atomic mass is 35.5. The summed E-state index contributed by atoms with van der Waals surface area (Å²) in [5, 5.41) is 6.43. The molecule has 7 heteroatoms. The third kappa shape index (κ3) is 3.68. The van der Waals surface area contributed by atoms with Crippen molar-refractivity contribution < 1.29 is 4.39 Å². The number of anilines is 1. The summed E-state index contributed by atoms with van der Waals surface area (Å²) in [7, 11) is 0. The van der Waals surface area contributed by atoms with Gasteiger partial charge in [-0.2, -0.15) is 0 Å². The maximum absolute atomic E-state index is 13.2. The molecule has 2 aromatic heterocycles. The van der Waals surface area contributed by atoms with Crippen LogP contribution in [0.1, 0.15) is 31.4 Å². The molecule has 0 amide bonds. The van der Waals surface area contributed by atoms with Crippen molar-refractivity contribution in [3.8, 4) is 10.8 Å². The molecule has 0 radical (unpaired) electrons. The first-order valence-electron chi connectivity index (χ1n) is 6.98. The van der Waals surface area contributed by atoms with Crippen molar-refractivity contribution in [2.24, 2.45) is 0 Å². The molecule has 1 saturated carbocycles. The van der Waals surface area contributed by atoms with E-state index in [4.69, 9.17) is 11.6 Å². The maximum Gasteiger partial charge on any atom is 0.192 e. The molecule has 21 heavy (non-hydrogen) atoms. The minimum Gasteiger partial charge on any atom is -0.367 e. The Kier molecular flexibility index (Phi) is 4.35. The van der Waals surface area contributed by atoms with Crippen LogP contribution in [0, 0.1) is 6.92 Å². The molecule has 1 aliphatic carbocycles. The number of halogens is 2. The molecule has 0 atom stereocenters. The molecule has 1 N–H and O–H groups in total. The Balaban J connectivity index is 1.78. The molecule has 4 nitrogen and oxygen atoms in total. The van der Waals surface area contributed by atoms with Crippen molar-refractivity contribution in [3.05, 3.63) is 22.3 Å². The molecule has 1 aliphatic rings. The van der Waals surface area contributed by atoms with Crippen LogP contribution in [0.25, 0.3) is 10.8 Å². The zero-order valence-electron chi connectivity index (χ0n) is 11.6. The van der Waals surface area contributed by atoms with Gasteiger partial charge in [-0.1, -0.05) is 11.6 Å². The summed E-state index contributed by atoms with van der Waals surface area (Å²) in [6.45, 7) is 1.93. The summed E-state index contributed by atoms with van der Waals surface area (Å²) in [4.78, 5) is 13.1. The smallest absolute Gasteiger partial charge is 0.192 e. The number of hydrogen-bond acceptors (Lipinski definition) is 5. The van der Waals surface area contributed by atoms with Gasteiger partial charge < -0.3 is 5.32 Å². The number of aromatic nitrogens is 3. The third-order valence-electron chi connectivity index (χ3n) is 3.51. The second-order valence-electron chi connectivity index (χ2n) is 5.29. The molecule has 0 saturated heterocycles. The topological polar surface area (TPSA) is 50.7 Å². The fourth-order valence-electron chi connectivity index (χ4n) is 2.45. The van der Waals surface area contributed by atoms with Gasteiger partial charge in [-0.05, 0) is 32.6 Å². The van der Waals surface area contributed by atoms with Crippen molar-refractivity contribution >= 4 is 28.8 Å². The van der Waals surface area contributed by atoms with Crippen LogP contribution in [0.3, 0.4) is 0 Å². The lowest BCUT2D eigenvalue weighted by Crippen LogP contribution is -2.27. The van der Waals surface area contributed by atoms with Gasteiger partial charge in [0.05, 0.1) is 0 Å². The molecule has 3 rings (SSSR count). The second-order valence-corrected chi connectivity index (χ2v) is 6.53. The van der Waals surface area contributed by atoms with Gasteiger partial charge in [0.25, 0.3) is 0 Å². The van der Waals surface area contributed by atoms with Crippen LogP contribution in [0.5, 0.6) is 0 Å². The number of hydrogen-bond donors (Lipinski definition) is 1. The Morgan fingerprint density at radius 2 is 2.00 bits per heavy atom. The quantitative estimate of drug-likeness (QED) is 0.856. The molecule has 2 heterocycles. The largest absolute Gasteiger partial charge is 0.367 e. The normalized spacial score (nSPS) is 22.2. The lowest BCUT2D eigenvalue weighted by molar-refractivity contribution is 0.241.